The molecular formula is C12H18N4O3S3. The molecule has 0 bridgehead atoms. The second kappa shape index (κ2) is 7.53. The molecule has 0 radical (unpaired) electrons. The van der Waals surface area contributed by atoms with Crippen molar-refractivity contribution >= 4 is 44.2 Å². The monoisotopic (exact) mass is 362 g/mol. The van der Waals surface area contributed by atoms with E-state index in [1.165, 1.54) is 27.4 Å². The number of rotatable bonds is 7. The van der Waals surface area contributed by atoms with Gasteiger partial charge in [0, 0.05) is 12.3 Å². The van der Waals surface area contributed by atoms with E-state index in [0.717, 1.165) is 4.34 Å². The van der Waals surface area contributed by atoms with E-state index in [-0.39, 0.29) is 11.7 Å². The smallest absolute Gasteiger partial charge is 0.244 e. The normalized spacial score (nSPS) is 19.2. The summed E-state index contributed by atoms with van der Waals surface area (Å²) in [5.41, 5.74) is 0. The van der Waals surface area contributed by atoms with Gasteiger partial charge in [-0.15, -0.1) is 16.8 Å². The van der Waals surface area contributed by atoms with Gasteiger partial charge in [0.15, 0.2) is 4.34 Å². The van der Waals surface area contributed by atoms with Crippen molar-refractivity contribution in [2.45, 2.75) is 30.1 Å². The summed E-state index contributed by atoms with van der Waals surface area (Å²) < 4.78 is 26.0. The second-order valence-electron chi connectivity index (χ2n) is 4.63. The molecule has 22 heavy (non-hydrogen) atoms. The highest BCUT2D eigenvalue weighted by Crippen LogP contribution is 2.27. The van der Waals surface area contributed by atoms with Crippen molar-refractivity contribution in [1.82, 2.24) is 14.5 Å². The number of sulfonamides is 1. The summed E-state index contributed by atoms with van der Waals surface area (Å²) in [4.78, 5) is 12.3. The third-order valence-electron chi connectivity index (χ3n) is 3.19. The fraction of sp³-hybridized carbons (Fsp3) is 0.583. The van der Waals surface area contributed by atoms with Gasteiger partial charge in [0.05, 0.1) is 5.75 Å². The maximum atomic E-state index is 12.3. The van der Waals surface area contributed by atoms with E-state index in [2.05, 4.69) is 22.1 Å². The van der Waals surface area contributed by atoms with Crippen LogP contribution in [0.1, 0.15) is 19.8 Å². The lowest BCUT2D eigenvalue weighted by molar-refractivity contribution is -0.119. The number of thioether (sulfide) groups is 1. The minimum Gasteiger partial charge on any atom is -0.299 e. The Balaban J connectivity index is 2.02. The molecule has 1 fully saturated rings. The minimum absolute atomic E-state index is 0.00205. The lowest BCUT2D eigenvalue weighted by Crippen LogP contribution is -2.43. The summed E-state index contributed by atoms with van der Waals surface area (Å²) in [6.07, 6.45) is 2.98. The van der Waals surface area contributed by atoms with Gasteiger partial charge in [-0.05, 0) is 19.8 Å². The Morgan fingerprint density at radius 1 is 1.59 bits per heavy atom. The van der Waals surface area contributed by atoms with Crippen LogP contribution < -0.4 is 5.32 Å². The molecule has 7 nitrogen and oxygen atoms in total. The van der Waals surface area contributed by atoms with Gasteiger partial charge in [0.25, 0.3) is 0 Å². The first-order chi connectivity index (χ1) is 10.5. The van der Waals surface area contributed by atoms with E-state index in [1.807, 2.05) is 0 Å². The van der Waals surface area contributed by atoms with Gasteiger partial charge in [-0.2, -0.15) is 4.31 Å². The number of anilines is 1. The van der Waals surface area contributed by atoms with Crippen LogP contribution in [0.5, 0.6) is 0 Å². The zero-order chi connectivity index (χ0) is 16.2. The lowest BCUT2D eigenvalue weighted by Gasteiger charge is -2.21. The van der Waals surface area contributed by atoms with E-state index < -0.39 is 16.1 Å². The molecule has 122 valence electrons. The van der Waals surface area contributed by atoms with E-state index >= 15 is 0 Å². The highest BCUT2D eigenvalue weighted by Gasteiger charge is 2.37. The van der Waals surface area contributed by atoms with Gasteiger partial charge in [-0.3, -0.25) is 10.1 Å². The van der Waals surface area contributed by atoms with Crippen molar-refractivity contribution in [2.24, 2.45) is 0 Å². The number of hydrogen-bond donors (Lipinski definition) is 1. The molecule has 1 aromatic rings. The second-order valence-corrected chi connectivity index (χ2v) is 9.09. The van der Waals surface area contributed by atoms with Gasteiger partial charge in [-0.1, -0.05) is 29.2 Å². The number of nitrogens with one attached hydrogen (secondary N) is 1. The van der Waals surface area contributed by atoms with Crippen molar-refractivity contribution in [3.8, 4) is 0 Å². The summed E-state index contributed by atoms with van der Waals surface area (Å²) >= 11 is 2.75. The van der Waals surface area contributed by atoms with Crippen LogP contribution in [-0.2, 0) is 14.8 Å². The standard InChI is InChI=1S/C12H18N4O3S3/c1-3-8-20-12-15-14-11(21-12)13-10(17)9-6-5-7-16(9)22(18,19)4-2/h3,9H,1,4-8H2,2H3,(H,13,14,17)/t9-/m0/s1. The summed E-state index contributed by atoms with van der Waals surface area (Å²) in [7, 11) is -3.37. The first kappa shape index (κ1) is 17.4. The molecule has 1 aliphatic rings. The van der Waals surface area contributed by atoms with Crippen LogP contribution in [0.15, 0.2) is 17.0 Å². The number of hydrogen-bond acceptors (Lipinski definition) is 7. The predicted molar refractivity (Wildman–Crippen MR) is 88.6 cm³/mol. The molecule has 0 aromatic carbocycles. The third kappa shape index (κ3) is 4.06. The fourth-order valence-electron chi connectivity index (χ4n) is 2.14. The van der Waals surface area contributed by atoms with E-state index in [1.54, 1.807) is 13.0 Å². The van der Waals surface area contributed by atoms with Crippen LogP contribution in [0, 0.1) is 0 Å². The highest BCUT2D eigenvalue weighted by atomic mass is 32.2. The molecule has 1 saturated heterocycles. The lowest BCUT2D eigenvalue weighted by atomic mass is 10.2. The number of carbonyl (C=O) groups excluding carboxylic acids is 1. The summed E-state index contributed by atoms with van der Waals surface area (Å²) in [5.74, 6) is 0.372. The van der Waals surface area contributed by atoms with Crippen molar-refractivity contribution in [2.75, 3.05) is 23.4 Å². The zero-order valence-corrected chi connectivity index (χ0v) is 14.6. The quantitative estimate of drug-likeness (QED) is 0.450. The topological polar surface area (TPSA) is 92.3 Å². The third-order valence-corrected chi connectivity index (χ3v) is 7.04. The van der Waals surface area contributed by atoms with E-state index in [9.17, 15) is 13.2 Å². The minimum atomic E-state index is -3.37. The van der Waals surface area contributed by atoms with E-state index in [4.69, 9.17) is 0 Å². The molecule has 10 heteroatoms. The Morgan fingerprint density at radius 2 is 2.36 bits per heavy atom. The molecule has 2 heterocycles. The number of aromatic nitrogens is 2. The van der Waals surface area contributed by atoms with Crippen molar-refractivity contribution in [3.05, 3.63) is 12.7 Å². The fourth-order valence-corrected chi connectivity index (χ4v) is 4.98. The van der Waals surface area contributed by atoms with Crippen LogP contribution in [0.4, 0.5) is 5.13 Å². The van der Waals surface area contributed by atoms with Crippen LogP contribution >= 0.6 is 23.1 Å². The molecule has 2 rings (SSSR count). The van der Waals surface area contributed by atoms with Gasteiger partial charge in [0.2, 0.25) is 21.1 Å². The zero-order valence-electron chi connectivity index (χ0n) is 12.2. The first-order valence-electron chi connectivity index (χ1n) is 6.85. The summed E-state index contributed by atoms with van der Waals surface area (Å²) in [5, 5.41) is 10.9. The molecule has 0 unspecified atom stereocenters. The molecule has 1 atom stereocenters. The molecule has 1 aliphatic heterocycles. The maximum absolute atomic E-state index is 12.3. The van der Waals surface area contributed by atoms with Gasteiger partial charge in [-0.25, -0.2) is 8.42 Å². The molecule has 1 aromatic heterocycles. The SMILES string of the molecule is C=CCSc1nnc(NC(=O)[C@@H]2CCCN2S(=O)(=O)CC)s1. The maximum Gasteiger partial charge on any atom is 0.244 e. The van der Waals surface area contributed by atoms with Crippen LogP contribution in [0.2, 0.25) is 0 Å². The van der Waals surface area contributed by atoms with Crippen molar-refractivity contribution < 1.29 is 13.2 Å². The Labute approximate surface area is 138 Å². The highest BCUT2D eigenvalue weighted by molar-refractivity contribution is 8.01. The van der Waals surface area contributed by atoms with E-state index in [0.29, 0.717) is 30.3 Å². The predicted octanol–water partition coefficient (Wildman–Crippen LogP) is 1.57. The molecule has 1 N–H and O–H groups in total. The number of amides is 1. The molecule has 0 aliphatic carbocycles. The van der Waals surface area contributed by atoms with Crippen LogP contribution in [-0.4, -0.2) is 52.9 Å². The van der Waals surface area contributed by atoms with Gasteiger partial charge < -0.3 is 0 Å². The largest absolute Gasteiger partial charge is 0.299 e. The average Bonchev–Trinajstić information content (AvgIpc) is 3.14. The molecular weight excluding hydrogens is 344 g/mol. The van der Waals surface area contributed by atoms with Crippen LogP contribution in [0.3, 0.4) is 0 Å². The Morgan fingerprint density at radius 3 is 3.05 bits per heavy atom. The first-order valence-corrected chi connectivity index (χ1v) is 10.3. The molecule has 1 amide bonds. The Bertz CT molecular complexity index is 644. The Kier molecular flexibility index (Phi) is 5.95. The summed E-state index contributed by atoms with van der Waals surface area (Å²) in [6.45, 7) is 5.60. The number of nitrogens with zero attached hydrogens (tertiary/aromatic N) is 3. The number of carbonyl (C=O) groups is 1. The molecule has 0 spiro atoms. The van der Waals surface area contributed by atoms with Crippen molar-refractivity contribution in [1.29, 1.82) is 0 Å². The molecule has 0 saturated carbocycles. The van der Waals surface area contributed by atoms with Gasteiger partial charge >= 0.3 is 0 Å². The Hall–Kier alpha value is -0.970. The van der Waals surface area contributed by atoms with Crippen LogP contribution in [0.25, 0.3) is 0 Å². The average molecular weight is 363 g/mol. The van der Waals surface area contributed by atoms with Crippen molar-refractivity contribution in [3.63, 3.8) is 0 Å². The van der Waals surface area contributed by atoms with Gasteiger partial charge in [0.1, 0.15) is 6.04 Å². The summed E-state index contributed by atoms with van der Waals surface area (Å²) in [6, 6.07) is -0.655.